The molecule has 1 aliphatic heterocycles. The first-order valence-corrected chi connectivity index (χ1v) is 5.31. The van der Waals surface area contributed by atoms with Gasteiger partial charge in [-0.1, -0.05) is 17.7 Å². The Morgan fingerprint density at radius 3 is 2.57 bits per heavy atom. The fraction of sp³-hybridized carbons (Fsp3) is 0.455. The smallest absolute Gasteiger partial charge is 0.139 e. The van der Waals surface area contributed by atoms with Gasteiger partial charge in [0.2, 0.25) is 0 Å². The first-order chi connectivity index (χ1) is 6.70. The summed E-state index contributed by atoms with van der Waals surface area (Å²) in [5, 5.41) is 10.2. The predicted molar refractivity (Wildman–Crippen MR) is 59.3 cm³/mol. The number of anilines is 1. The Morgan fingerprint density at radius 1 is 1.29 bits per heavy atom. The zero-order valence-corrected chi connectivity index (χ0v) is 9.01. The molecular formula is C11H14ClNO. The Morgan fingerprint density at radius 2 is 1.93 bits per heavy atom. The zero-order chi connectivity index (χ0) is 10.1. The first kappa shape index (κ1) is 9.66. The summed E-state index contributed by atoms with van der Waals surface area (Å²) in [6, 6.07) is 3.90. The Labute approximate surface area is 89.1 Å². The quantitative estimate of drug-likeness (QED) is 0.772. The third-order valence-electron chi connectivity index (χ3n) is 2.74. The minimum absolute atomic E-state index is 0.219. The minimum Gasteiger partial charge on any atom is -0.506 e. The van der Waals surface area contributed by atoms with E-state index in [1.165, 1.54) is 12.8 Å². The SMILES string of the molecule is Cc1ccc(N2CCCC2)c(Cl)c1O. The third kappa shape index (κ3) is 1.55. The molecule has 1 N–H and O–H groups in total. The summed E-state index contributed by atoms with van der Waals surface area (Å²) in [7, 11) is 0. The second-order valence-electron chi connectivity index (χ2n) is 3.76. The molecule has 2 rings (SSSR count). The lowest BCUT2D eigenvalue weighted by molar-refractivity contribution is 0.471. The van der Waals surface area contributed by atoms with Crippen LogP contribution in [0.15, 0.2) is 12.1 Å². The molecule has 1 heterocycles. The molecular weight excluding hydrogens is 198 g/mol. The molecule has 0 spiro atoms. The summed E-state index contributed by atoms with van der Waals surface area (Å²) in [5.74, 6) is 0.219. The highest BCUT2D eigenvalue weighted by molar-refractivity contribution is 6.34. The van der Waals surface area contributed by atoms with E-state index in [4.69, 9.17) is 11.6 Å². The van der Waals surface area contributed by atoms with Crippen LogP contribution in [0.25, 0.3) is 0 Å². The number of hydrogen-bond donors (Lipinski definition) is 1. The van der Waals surface area contributed by atoms with Crippen LogP contribution >= 0.6 is 11.6 Å². The Balaban J connectivity index is 2.38. The van der Waals surface area contributed by atoms with Gasteiger partial charge in [-0.25, -0.2) is 0 Å². The van der Waals surface area contributed by atoms with Crippen LogP contribution in [-0.2, 0) is 0 Å². The van der Waals surface area contributed by atoms with Gasteiger partial charge in [-0.2, -0.15) is 0 Å². The van der Waals surface area contributed by atoms with Crippen molar-refractivity contribution in [3.05, 3.63) is 22.7 Å². The lowest BCUT2D eigenvalue weighted by Gasteiger charge is -2.20. The van der Waals surface area contributed by atoms with Crippen LogP contribution in [0.2, 0.25) is 5.02 Å². The van der Waals surface area contributed by atoms with Gasteiger partial charge in [0.15, 0.2) is 0 Å². The van der Waals surface area contributed by atoms with Gasteiger partial charge in [0.25, 0.3) is 0 Å². The van der Waals surface area contributed by atoms with E-state index in [1.807, 2.05) is 19.1 Å². The summed E-state index contributed by atoms with van der Waals surface area (Å²) < 4.78 is 0. The van der Waals surface area contributed by atoms with Gasteiger partial charge in [0, 0.05) is 13.1 Å². The summed E-state index contributed by atoms with van der Waals surface area (Å²) in [6.45, 7) is 3.94. The summed E-state index contributed by atoms with van der Waals surface area (Å²) in [6.07, 6.45) is 2.43. The van der Waals surface area contributed by atoms with Gasteiger partial charge in [0.1, 0.15) is 10.8 Å². The maximum Gasteiger partial charge on any atom is 0.139 e. The number of halogens is 1. The second-order valence-corrected chi connectivity index (χ2v) is 4.14. The van der Waals surface area contributed by atoms with E-state index in [1.54, 1.807) is 0 Å². The maximum absolute atomic E-state index is 9.69. The van der Waals surface area contributed by atoms with Crippen molar-refractivity contribution in [2.45, 2.75) is 19.8 Å². The molecule has 0 aliphatic carbocycles. The molecule has 76 valence electrons. The third-order valence-corrected chi connectivity index (χ3v) is 3.12. The van der Waals surface area contributed by atoms with Crippen molar-refractivity contribution in [1.29, 1.82) is 0 Å². The van der Waals surface area contributed by atoms with Gasteiger partial charge < -0.3 is 10.0 Å². The van der Waals surface area contributed by atoms with Crippen molar-refractivity contribution in [3.63, 3.8) is 0 Å². The van der Waals surface area contributed by atoms with E-state index in [9.17, 15) is 5.11 Å². The summed E-state index contributed by atoms with van der Waals surface area (Å²) in [5.41, 5.74) is 1.80. The molecule has 0 atom stereocenters. The van der Waals surface area contributed by atoms with E-state index >= 15 is 0 Å². The fourth-order valence-electron chi connectivity index (χ4n) is 1.85. The van der Waals surface area contributed by atoms with Crippen LogP contribution in [0, 0.1) is 6.92 Å². The average molecular weight is 212 g/mol. The van der Waals surface area contributed by atoms with Gasteiger partial charge in [-0.3, -0.25) is 0 Å². The molecule has 1 saturated heterocycles. The molecule has 1 aromatic rings. The predicted octanol–water partition coefficient (Wildman–Crippen LogP) is 2.95. The molecule has 0 amide bonds. The molecule has 1 aromatic carbocycles. The number of nitrogens with zero attached hydrogens (tertiary/aromatic N) is 1. The number of hydrogen-bond acceptors (Lipinski definition) is 2. The minimum atomic E-state index is 0.219. The zero-order valence-electron chi connectivity index (χ0n) is 8.26. The van der Waals surface area contributed by atoms with Crippen LogP contribution < -0.4 is 4.90 Å². The van der Waals surface area contributed by atoms with Crippen molar-refractivity contribution in [1.82, 2.24) is 0 Å². The molecule has 1 fully saturated rings. The molecule has 0 aromatic heterocycles. The Kier molecular flexibility index (Phi) is 2.55. The largest absolute Gasteiger partial charge is 0.506 e. The van der Waals surface area contributed by atoms with Crippen LogP contribution in [0.3, 0.4) is 0 Å². The van der Waals surface area contributed by atoms with Crippen molar-refractivity contribution < 1.29 is 5.11 Å². The lowest BCUT2D eigenvalue weighted by Crippen LogP contribution is -2.17. The highest BCUT2D eigenvalue weighted by atomic mass is 35.5. The van der Waals surface area contributed by atoms with Crippen molar-refractivity contribution in [2.75, 3.05) is 18.0 Å². The molecule has 3 heteroatoms. The van der Waals surface area contributed by atoms with E-state index in [-0.39, 0.29) is 5.75 Å². The van der Waals surface area contributed by atoms with E-state index < -0.39 is 0 Å². The van der Waals surface area contributed by atoms with Gasteiger partial charge in [-0.15, -0.1) is 0 Å². The molecule has 14 heavy (non-hydrogen) atoms. The fourth-order valence-corrected chi connectivity index (χ4v) is 2.18. The van der Waals surface area contributed by atoms with Gasteiger partial charge >= 0.3 is 0 Å². The Bertz CT molecular complexity index is 345. The van der Waals surface area contributed by atoms with E-state index in [2.05, 4.69) is 4.90 Å². The number of benzene rings is 1. The van der Waals surface area contributed by atoms with E-state index in [0.29, 0.717) is 5.02 Å². The van der Waals surface area contributed by atoms with Crippen LogP contribution in [-0.4, -0.2) is 18.2 Å². The number of rotatable bonds is 1. The van der Waals surface area contributed by atoms with Crippen molar-refractivity contribution in [2.24, 2.45) is 0 Å². The summed E-state index contributed by atoms with van der Waals surface area (Å²) in [4.78, 5) is 2.22. The average Bonchev–Trinajstić information content (AvgIpc) is 2.67. The van der Waals surface area contributed by atoms with Crippen LogP contribution in [0.4, 0.5) is 5.69 Å². The number of aromatic hydroxyl groups is 1. The Hall–Kier alpha value is -0.890. The van der Waals surface area contributed by atoms with E-state index in [0.717, 1.165) is 24.3 Å². The van der Waals surface area contributed by atoms with Crippen molar-refractivity contribution in [3.8, 4) is 5.75 Å². The van der Waals surface area contributed by atoms with Gasteiger partial charge in [0.05, 0.1) is 5.69 Å². The molecule has 0 radical (unpaired) electrons. The first-order valence-electron chi connectivity index (χ1n) is 4.93. The standard InChI is InChI=1S/C11H14ClNO/c1-8-4-5-9(10(12)11(8)14)13-6-2-3-7-13/h4-5,14H,2-3,6-7H2,1H3. The normalized spacial score (nSPS) is 16.3. The van der Waals surface area contributed by atoms with Crippen LogP contribution in [0.5, 0.6) is 5.75 Å². The van der Waals surface area contributed by atoms with Gasteiger partial charge in [-0.05, 0) is 31.4 Å². The molecule has 0 unspecified atom stereocenters. The number of phenolic OH excluding ortho intramolecular Hbond substituents is 1. The van der Waals surface area contributed by atoms with Crippen LogP contribution in [0.1, 0.15) is 18.4 Å². The highest BCUT2D eigenvalue weighted by Crippen LogP contribution is 2.37. The molecule has 0 bridgehead atoms. The number of phenols is 1. The molecule has 2 nitrogen and oxygen atoms in total. The second kappa shape index (κ2) is 3.70. The highest BCUT2D eigenvalue weighted by Gasteiger charge is 2.17. The molecule has 1 aliphatic rings. The topological polar surface area (TPSA) is 23.5 Å². The summed E-state index contributed by atoms with van der Waals surface area (Å²) >= 11 is 6.09. The lowest BCUT2D eigenvalue weighted by atomic mass is 10.2. The monoisotopic (exact) mass is 211 g/mol. The number of aryl methyl sites for hydroxylation is 1. The molecule has 0 saturated carbocycles. The van der Waals surface area contributed by atoms with Crippen molar-refractivity contribution >= 4 is 17.3 Å². The maximum atomic E-state index is 9.69.